The Hall–Kier alpha value is -0.376. The van der Waals surface area contributed by atoms with Gasteiger partial charge in [0, 0.05) is 16.5 Å². The van der Waals surface area contributed by atoms with Gasteiger partial charge >= 0.3 is 0 Å². The van der Waals surface area contributed by atoms with Crippen LogP contribution in [0.3, 0.4) is 0 Å². The Bertz CT molecular complexity index is 414. The summed E-state index contributed by atoms with van der Waals surface area (Å²) in [7, 11) is -4.08. The monoisotopic (exact) mass is 258 g/mol. The minimum atomic E-state index is -4.08. The summed E-state index contributed by atoms with van der Waals surface area (Å²) in [6.45, 7) is 5.22. The molecule has 5 heteroatoms. The third kappa shape index (κ3) is 2.81. The van der Waals surface area contributed by atoms with Gasteiger partial charge in [-0.15, -0.1) is 0 Å². The Balaban J connectivity index is 0.00000169. The number of rotatable bonds is 1. The molecule has 0 aliphatic heterocycles. The van der Waals surface area contributed by atoms with Gasteiger partial charge in [-0.25, -0.2) is 0 Å². The minimum Gasteiger partial charge on any atom is -0.282 e. The van der Waals surface area contributed by atoms with Gasteiger partial charge in [0.2, 0.25) is 0 Å². The molecular formula is C9H12NiO3S. The molecule has 0 aromatic heterocycles. The first-order chi connectivity index (χ1) is 5.82. The molecule has 1 aromatic carbocycles. The van der Waals surface area contributed by atoms with E-state index in [-0.39, 0.29) is 21.4 Å². The summed E-state index contributed by atoms with van der Waals surface area (Å²) in [5, 5.41) is 0. The van der Waals surface area contributed by atoms with Crippen molar-refractivity contribution in [3.8, 4) is 0 Å². The van der Waals surface area contributed by atoms with Crippen molar-refractivity contribution in [2.45, 2.75) is 25.7 Å². The van der Waals surface area contributed by atoms with Gasteiger partial charge in [0.15, 0.2) is 0 Å². The van der Waals surface area contributed by atoms with Crippen LogP contribution in [-0.4, -0.2) is 13.0 Å². The molecule has 1 rings (SSSR count). The van der Waals surface area contributed by atoms with Crippen molar-refractivity contribution in [3.63, 3.8) is 0 Å². The van der Waals surface area contributed by atoms with Crippen LogP contribution in [0.2, 0.25) is 0 Å². The molecule has 0 saturated carbocycles. The second kappa shape index (κ2) is 4.43. The fourth-order valence-electron chi connectivity index (χ4n) is 1.57. The number of aryl methyl sites for hydroxylation is 3. The summed E-state index contributed by atoms with van der Waals surface area (Å²) >= 11 is 0. The average Bonchev–Trinajstić information content (AvgIpc) is 1.78. The van der Waals surface area contributed by atoms with Crippen LogP contribution in [0.15, 0.2) is 17.0 Å². The Kier molecular flexibility index (Phi) is 4.31. The first-order valence-electron chi connectivity index (χ1n) is 3.87. The van der Waals surface area contributed by atoms with Gasteiger partial charge in [0.1, 0.15) is 0 Å². The van der Waals surface area contributed by atoms with Crippen molar-refractivity contribution in [1.82, 2.24) is 0 Å². The van der Waals surface area contributed by atoms with Gasteiger partial charge in [0.25, 0.3) is 10.1 Å². The summed E-state index contributed by atoms with van der Waals surface area (Å²) in [4.78, 5) is 0.0260. The number of benzene rings is 1. The second-order valence-electron chi connectivity index (χ2n) is 3.20. The molecule has 0 atom stereocenters. The first kappa shape index (κ1) is 13.6. The maximum Gasteiger partial charge on any atom is 0.295 e. The predicted octanol–water partition coefficient (Wildman–Crippen LogP) is 1.86. The Morgan fingerprint density at radius 3 is 1.71 bits per heavy atom. The topological polar surface area (TPSA) is 54.4 Å². The summed E-state index contributed by atoms with van der Waals surface area (Å²) in [6, 6.07) is 3.46. The van der Waals surface area contributed by atoms with Crippen molar-refractivity contribution in [3.05, 3.63) is 28.8 Å². The predicted molar refractivity (Wildman–Crippen MR) is 50.5 cm³/mol. The van der Waals surface area contributed by atoms with Crippen molar-refractivity contribution in [2.24, 2.45) is 0 Å². The summed E-state index contributed by atoms with van der Waals surface area (Å²) in [5.74, 6) is 0. The summed E-state index contributed by atoms with van der Waals surface area (Å²) in [6.07, 6.45) is 0. The van der Waals surface area contributed by atoms with Crippen molar-refractivity contribution >= 4 is 10.1 Å². The van der Waals surface area contributed by atoms with Crippen LogP contribution in [0.4, 0.5) is 0 Å². The van der Waals surface area contributed by atoms with Crippen LogP contribution < -0.4 is 0 Å². The SMILES string of the molecule is Cc1cc(C)c(S(=O)(=O)O)c(C)c1.[Ni]. The fraction of sp³-hybridized carbons (Fsp3) is 0.333. The third-order valence-electron chi connectivity index (χ3n) is 1.86. The van der Waals surface area contributed by atoms with E-state index in [2.05, 4.69) is 0 Å². The van der Waals surface area contributed by atoms with Gasteiger partial charge in [0.05, 0.1) is 4.90 Å². The Morgan fingerprint density at radius 2 is 1.43 bits per heavy atom. The normalized spacial score (nSPS) is 10.9. The Labute approximate surface area is 94.2 Å². The van der Waals surface area contributed by atoms with E-state index in [0.29, 0.717) is 11.1 Å². The molecule has 1 N–H and O–H groups in total. The zero-order chi connectivity index (χ0) is 10.2. The van der Waals surface area contributed by atoms with Gasteiger partial charge in [-0.05, 0) is 31.9 Å². The van der Waals surface area contributed by atoms with Crippen LogP contribution in [0.5, 0.6) is 0 Å². The van der Waals surface area contributed by atoms with E-state index in [0.717, 1.165) is 5.56 Å². The molecule has 1 aromatic rings. The molecule has 0 saturated heterocycles. The summed E-state index contributed by atoms with van der Waals surface area (Å²) in [5.41, 5.74) is 2.16. The van der Waals surface area contributed by atoms with Crippen molar-refractivity contribution in [1.29, 1.82) is 0 Å². The van der Waals surface area contributed by atoms with Gasteiger partial charge < -0.3 is 0 Å². The van der Waals surface area contributed by atoms with Crippen LogP contribution in [-0.2, 0) is 26.6 Å². The second-order valence-corrected chi connectivity index (χ2v) is 4.56. The molecule has 0 spiro atoms. The fourth-order valence-corrected chi connectivity index (χ4v) is 2.51. The van der Waals surface area contributed by atoms with E-state index in [1.165, 1.54) is 0 Å². The molecule has 82 valence electrons. The standard InChI is InChI=1S/C9H12O3S.Ni/c1-6-4-7(2)9(8(3)5-6)13(10,11)12;/h4-5H,1-3H3,(H,10,11,12);. The Morgan fingerprint density at radius 1 is 1.07 bits per heavy atom. The van der Waals surface area contributed by atoms with Crippen molar-refractivity contribution in [2.75, 3.05) is 0 Å². The molecule has 0 fully saturated rings. The van der Waals surface area contributed by atoms with Gasteiger partial charge in [-0.3, -0.25) is 4.55 Å². The van der Waals surface area contributed by atoms with Gasteiger partial charge in [-0.1, -0.05) is 17.7 Å². The van der Waals surface area contributed by atoms with Crippen LogP contribution >= 0.6 is 0 Å². The smallest absolute Gasteiger partial charge is 0.282 e. The van der Waals surface area contributed by atoms with Crippen LogP contribution in [0.1, 0.15) is 16.7 Å². The first-order valence-corrected chi connectivity index (χ1v) is 5.31. The zero-order valence-corrected chi connectivity index (χ0v) is 9.95. The van der Waals surface area contributed by atoms with Crippen LogP contribution in [0, 0.1) is 20.8 Å². The summed E-state index contributed by atoms with van der Waals surface area (Å²) < 4.78 is 30.8. The van der Waals surface area contributed by atoms with E-state index in [1.54, 1.807) is 26.0 Å². The molecule has 0 heterocycles. The molecule has 3 nitrogen and oxygen atoms in total. The van der Waals surface area contributed by atoms with Crippen LogP contribution in [0.25, 0.3) is 0 Å². The molecule has 0 bridgehead atoms. The number of hydrogen-bond acceptors (Lipinski definition) is 2. The molecule has 0 aliphatic carbocycles. The maximum atomic E-state index is 10.9. The van der Waals surface area contributed by atoms with Gasteiger partial charge in [-0.2, -0.15) is 8.42 Å². The van der Waals surface area contributed by atoms with E-state index in [9.17, 15) is 8.42 Å². The molecule has 14 heavy (non-hydrogen) atoms. The molecule has 0 amide bonds. The maximum absolute atomic E-state index is 10.9. The quantitative estimate of drug-likeness (QED) is 0.618. The molecule has 0 radical (unpaired) electrons. The van der Waals surface area contributed by atoms with E-state index in [4.69, 9.17) is 4.55 Å². The van der Waals surface area contributed by atoms with E-state index >= 15 is 0 Å². The average molecular weight is 259 g/mol. The third-order valence-corrected chi connectivity index (χ3v) is 3.02. The molecule has 0 aliphatic rings. The zero-order valence-electron chi connectivity index (χ0n) is 8.14. The van der Waals surface area contributed by atoms with E-state index in [1.807, 2.05) is 6.92 Å². The van der Waals surface area contributed by atoms with E-state index < -0.39 is 10.1 Å². The largest absolute Gasteiger partial charge is 0.295 e. The number of hydrogen-bond donors (Lipinski definition) is 1. The van der Waals surface area contributed by atoms with Crippen molar-refractivity contribution < 1.29 is 29.5 Å². The molecule has 0 unspecified atom stereocenters. The minimum absolute atomic E-state index is 0. The molecular weight excluding hydrogens is 247 g/mol.